The van der Waals surface area contributed by atoms with Crippen molar-refractivity contribution in [2.24, 2.45) is 0 Å². The molecule has 1 saturated heterocycles. The molecule has 1 aliphatic carbocycles. The van der Waals surface area contributed by atoms with Gasteiger partial charge in [0, 0.05) is 18.8 Å². The van der Waals surface area contributed by atoms with Gasteiger partial charge in [-0.05, 0) is 37.7 Å². The lowest BCUT2D eigenvalue weighted by Crippen LogP contribution is -2.24. The molecule has 0 radical (unpaired) electrons. The highest BCUT2D eigenvalue weighted by Gasteiger charge is 2.20. The summed E-state index contributed by atoms with van der Waals surface area (Å²) in [5.41, 5.74) is 2.84. The Morgan fingerprint density at radius 2 is 1.89 bits per heavy atom. The Morgan fingerprint density at radius 3 is 2.58 bits per heavy atom. The number of allylic oxidation sites excluding steroid dienone is 1. The highest BCUT2D eigenvalue weighted by Crippen LogP contribution is 2.26. The fourth-order valence-corrected chi connectivity index (χ4v) is 3.03. The summed E-state index contributed by atoms with van der Waals surface area (Å²) < 4.78 is 6.02. The normalized spacial score (nSPS) is 23.5. The van der Waals surface area contributed by atoms with Gasteiger partial charge in [0.1, 0.15) is 0 Å². The van der Waals surface area contributed by atoms with Crippen molar-refractivity contribution in [2.75, 3.05) is 13.1 Å². The Labute approximate surface area is 116 Å². The molecular weight excluding hydrogens is 234 g/mol. The fourth-order valence-electron chi connectivity index (χ4n) is 3.03. The van der Waals surface area contributed by atoms with Crippen LogP contribution in [0.25, 0.3) is 0 Å². The summed E-state index contributed by atoms with van der Waals surface area (Å²) in [5, 5.41) is 0. The van der Waals surface area contributed by atoms with Gasteiger partial charge in [0.15, 0.2) is 0 Å². The van der Waals surface area contributed by atoms with Gasteiger partial charge in [-0.2, -0.15) is 0 Å². The van der Waals surface area contributed by atoms with Crippen LogP contribution < -0.4 is 0 Å². The highest BCUT2D eigenvalue weighted by molar-refractivity contribution is 5.13. The van der Waals surface area contributed by atoms with Crippen molar-refractivity contribution in [2.45, 2.75) is 44.8 Å². The van der Waals surface area contributed by atoms with Crippen LogP contribution in [0.1, 0.15) is 37.7 Å². The van der Waals surface area contributed by atoms with E-state index in [0.29, 0.717) is 6.10 Å². The minimum atomic E-state index is 0.409. The van der Waals surface area contributed by atoms with Crippen molar-refractivity contribution in [3.05, 3.63) is 47.7 Å². The number of likely N-dealkylation sites (tertiary alicyclic amines) is 1. The molecule has 102 valence electrons. The van der Waals surface area contributed by atoms with Gasteiger partial charge in [0.25, 0.3) is 0 Å². The smallest absolute Gasteiger partial charge is 0.0720 e. The first-order valence-corrected chi connectivity index (χ1v) is 7.51. The topological polar surface area (TPSA) is 12.5 Å². The molecule has 1 heterocycles. The number of hydrogen-bond donors (Lipinski definition) is 0. The van der Waals surface area contributed by atoms with Crippen LogP contribution in [-0.4, -0.2) is 24.1 Å². The van der Waals surface area contributed by atoms with Gasteiger partial charge in [0.05, 0.1) is 12.7 Å². The maximum Gasteiger partial charge on any atom is 0.0720 e. The quantitative estimate of drug-likeness (QED) is 0.815. The third-order valence-corrected chi connectivity index (χ3v) is 4.18. The van der Waals surface area contributed by atoms with E-state index < -0.39 is 0 Å². The summed E-state index contributed by atoms with van der Waals surface area (Å²) >= 11 is 0. The van der Waals surface area contributed by atoms with Crippen LogP contribution in [0.3, 0.4) is 0 Å². The van der Waals surface area contributed by atoms with Gasteiger partial charge in [0.2, 0.25) is 0 Å². The van der Waals surface area contributed by atoms with E-state index in [2.05, 4.69) is 41.3 Å². The van der Waals surface area contributed by atoms with E-state index in [0.717, 1.165) is 13.0 Å². The lowest BCUT2D eigenvalue weighted by molar-refractivity contribution is 0.0321. The lowest BCUT2D eigenvalue weighted by Gasteiger charge is -2.28. The van der Waals surface area contributed by atoms with E-state index in [-0.39, 0.29) is 0 Å². The van der Waals surface area contributed by atoms with Crippen LogP contribution >= 0.6 is 0 Å². The van der Waals surface area contributed by atoms with Crippen molar-refractivity contribution < 1.29 is 4.74 Å². The molecule has 0 saturated carbocycles. The second kappa shape index (κ2) is 6.25. The minimum absolute atomic E-state index is 0.409. The summed E-state index contributed by atoms with van der Waals surface area (Å²) in [6.07, 6.45) is 9.00. The van der Waals surface area contributed by atoms with Crippen molar-refractivity contribution in [3.63, 3.8) is 0 Å². The van der Waals surface area contributed by atoms with Crippen molar-refractivity contribution >= 4 is 0 Å². The van der Waals surface area contributed by atoms with Crippen molar-refractivity contribution in [3.8, 4) is 0 Å². The molecule has 1 fully saturated rings. The Balaban J connectivity index is 1.47. The maximum absolute atomic E-state index is 6.02. The van der Waals surface area contributed by atoms with Crippen molar-refractivity contribution in [1.29, 1.82) is 0 Å². The molecule has 0 amide bonds. The third kappa shape index (κ3) is 3.38. The van der Waals surface area contributed by atoms with E-state index in [1.165, 1.54) is 44.3 Å². The SMILES string of the molecule is C1=C(N2CCCC2)CCC(OCc2ccccc2)C1. The molecule has 1 aliphatic heterocycles. The van der Waals surface area contributed by atoms with Gasteiger partial charge in [-0.15, -0.1) is 0 Å². The molecule has 1 atom stereocenters. The standard InChI is InChI=1S/C17H23NO/c1-2-6-15(7-3-1)14-19-17-10-8-16(9-11-17)18-12-4-5-13-18/h1-3,6-8,17H,4-5,9-14H2. The molecule has 0 spiro atoms. The van der Waals surface area contributed by atoms with Gasteiger partial charge in [-0.3, -0.25) is 0 Å². The fraction of sp³-hybridized carbons (Fsp3) is 0.529. The molecule has 2 heteroatoms. The summed E-state index contributed by atoms with van der Waals surface area (Å²) in [5.74, 6) is 0. The molecule has 2 aliphatic rings. The first-order valence-electron chi connectivity index (χ1n) is 7.51. The van der Waals surface area contributed by atoms with E-state index in [9.17, 15) is 0 Å². The average molecular weight is 257 g/mol. The largest absolute Gasteiger partial charge is 0.375 e. The summed E-state index contributed by atoms with van der Waals surface area (Å²) in [4.78, 5) is 2.56. The van der Waals surface area contributed by atoms with Crippen LogP contribution in [0.2, 0.25) is 0 Å². The molecule has 1 aromatic rings. The maximum atomic E-state index is 6.02. The first-order chi connectivity index (χ1) is 9.42. The number of nitrogens with zero attached hydrogens (tertiary/aromatic N) is 1. The van der Waals surface area contributed by atoms with Crippen molar-refractivity contribution in [1.82, 2.24) is 4.90 Å². The van der Waals surface area contributed by atoms with Crippen LogP contribution in [0.4, 0.5) is 0 Å². The predicted molar refractivity (Wildman–Crippen MR) is 77.8 cm³/mol. The Hall–Kier alpha value is -1.28. The molecule has 1 unspecified atom stereocenters. The van der Waals surface area contributed by atoms with E-state index in [1.54, 1.807) is 5.70 Å². The number of hydrogen-bond acceptors (Lipinski definition) is 2. The summed E-state index contributed by atoms with van der Waals surface area (Å²) in [6.45, 7) is 3.28. The van der Waals surface area contributed by atoms with Gasteiger partial charge < -0.3 is 9.64 Å². The molecule has 0 aromatic heterocycles. The van der Waals surface area contributed by atoms with Crippen LogP contribution in [0, 0.1) is 0 Å². The molecule has 1 aromatic carbocycles. The molecular formula is C17H23NO. The number of ether oxygens (including phenoxy) is 1. The highest BCUT2D eigenvalue weighted by atomic mass is 16.5. The average Bonchev–Trinajstić information content (AvgIpc) is 3.01. The second-order valence-electron chi connectivity index (χ2n) is 5.58. The first kappa shape index (κ1) is 12.7. The van der Waals surface area contributed by atoms with Gasteiger partial charge >= 0.3 is 0 Å². The molecule has 19 heavy (non-hydrogen) atoms. The molecule has 0 bridgehead atoms. The Morgan fingerprint density at radius 1 is 1.11 bits per heavy atom. The van der Waals surface area contributed by atoms with E-state index in [1.807, 2.05) is 0 Å². The second-order valence-corrected chi connectivity index (χ2v) is 5.58. The lowest BCUT2D eigenvalue weighted by atomic mass is 10.0. The van der Waals surface area contributed by atoms with Crippen LogP contribution in [0.5, 0.6) is 0 Å². The van der Waals surface area contributed by atoms with Gasteiger partial charge in [-0.1, -0.05) is 36.4 Å². The van der Waals surface area contributed by atoms with E-state index in [4.69, 9.17) is 4.74 Å². The van der Waals surface area contributed by atoms with E-state index >= 15 is 0 Å². The Bertz CT molecular complexity index is 420. The number of benzene rings is 1. The Kier molecular flexibility index (Phi) is 4.19. The third-order valence-electron chi connectivity index (χ3n) is 4.18. The monoisotopic (exact) mass is 257 g/mol. The summed E-state index contributed by atoms with van der Waals surface area (Å²) in [7, 11) is 0. The summed E-state index contributed by atoms with van der Waals surface area (Å²) in [6, 6.07) is 10.5. The van der Waals surface area contributed by atoms with Gasteiger partial charge in [-0.25, -0.2) is 0 Å². The molecule has 2 nitrogen and oxygen atoms in total. The zero-order valence-electron chi connectivity index (χ0n) is 11.6. The zero-order chi connectivity index (χ0) is 12.9. The minimum Gasteiger partial charge on any atom is -0.375 e. The molecule has 3 rings (SSSR count). The zero-order valence-corrected chi connectivity index (χ0v) is 11.6. The van der Waals surface area contributed by atoms with Crippen LogP contribution in [-0.2, 0) is 11.3 Å². The van der Waals surface area contributed by atoms with Crippen LogP contribution in [0.15, 0.2) is 42.1 Å². The molecule has 0 N–H and O–H groups in total. The number of rotatable bonds is 4. The predicted octanol–water partition coefficient (Wildman–Crippen LogP) is 3.74.